The van der Waals surface area contributed by atoms with Gasteiger partial charge in [-0.1, -0.05) is 11.6 Å². The number of nitrogen functional groups attached to an aromatic ring is 1. The van der Waals surface area contributed by atoms with Crippen molar-refractivity contribution in [2.75, 3.05) is 24.8 Å². The number of carbonyl (C=O) groups excluding carboxylic acids is 1. The van der Waals surface area contributed by atoms with Gasteiger partial charge in [-0.3, -0.25) is 0 Å². The Labute approximate surface area is 178 Å². The number of methoxy groups -OCH3 is 1. The van der Waals surface area contributed by atoms with Crippen molar-refractivity contribution in [3.8, 4) is 17.3 Å². The summed E-state index contributed by atoms with van der Waals surface area (Å²) in [7, 11) is 3.09. The van der Waals surface area contributed by atoms with Gasteiger partial charge in [-0.15, -0.1) is 0 Å². The van der Waals surface area contributed by atoms with Crippen LogP contribution in [0.25, 0.3) is 11.4 Å². The molecule has 3 aromatic heterocycles. The SMILES string of the molecule is COC(=O)c1cnc(Cl)cc1N[C@@H](C)CCOc1c(-c2nccc(N)n2)cnn1C. The number of anilines is 2. The Hall–Kier alpha value is -3.40. The van der Waals surface area contributed by atoms with E-state index in [1.165, 1.54) is 13.3 Å². The lowest BCUT2D eigenvalue weighted by atomic mass is 10.2. The van der Waals surface area contributed by atoms with Crippen molar-refractivity contribution in [3.05, 3.63) is 41.4 Å². The van der Waals surface area contributed by atoms with E-state index in [-0.39, 0.29) is 11.2 Å². The minimum atomic E-state index is -0.494. The summed E-state index contributed by atoms with van der Waals surface area (Å²) in [4.78, 5) is 24.3. The summed E-state index contributed by atoms with van der Waals surface area (Å²) in [5, 5.41) is 7.74. The number of nitrogens with one attached hydrogen (secondary N) is 1. The van der Waals surface area contributed by atoms with Gasteiger partial charge in [0.25, 0.3) is 0 Å². The van der Waals surface area contributed by atoms with E-state index >= 15 is 0 Å². The molecule has 0 unspecified atom stereocenters. The van der Waals surface area contributed by atoms with Gasteiger partial charge < -0.3 is 20.5 Å². The van der Waals surface area contributed by atoms with Gasteiger partial charge in [-0.25, -0.2) is 24.4 Å². The first-order chi connectivity index (χ1) is 14.4. The number of esters is 1. The van der Waals surface area contributed by atoms with Crippen LogP contribution in [0.15, 0.2) is 30.7 Å². The normalized spacial score (nSPS) is 11.7. The van der Waals surface area contributed by atoms with Gasteiger partial charge in [0.05, 0.1) is 25.6 Å². The molecule has 3 N–H and O–H groups in total. The van der Waals surface area contributed by atoms with Crippen molar-refractivity contribution >= 4 is 29.1 Å². The maximum Gasteiger partial charge on any atom is 0.341 e. The molecule has 0 radical (unpaired) electrons. The smallest absolute Gasteiger partial charge is 0.341 e. The van der Waals surface area contributed by atoms with Crippen molar-refractivity contribution < 1.29 is 14.3 Å². The highest BCUT2D eigenvalue weighted by molar-refractivity contribution is 6.29. The Balaban J connectivity index is 1.65. The van der Waals surface area contributed by atoms with Crippen LogP contribution in [0.5, 0.6) is 5.88 Å². The summed E-state index contributed by atoms with van der Waals surface area (Å²) in [6.07, 6.45) is 5.22. The maximum absolute atomic E-state index is 11.9. The van der Waals surface area contributed by atoms with Crippen molar-refractivity contribution in [2.45, 2.75) is 19.4 Å². The number of nitrogens with zero attached hydrogens (tertiary/aromatic N) is 5. The largest absolute Gasteiger partial charge is 0.477 e. The molecule has 11 heteroatoms. The van der Waals surface area contributed by atoms with Crippen molar-refractivity contribution in [1.29, 1.82) is 0 Å². The average molecular weight is 432 g/mol. The zero-order valence-corrected chi connectivity index (χ0v) is 17.6. The molecule has 30 heavy (non-hydrogen) atoms. The topological polar surface area (TPSA) is 130 Å². The number of halogens is 1. The molecule has 1 atom stereocenters. The molecule has 0 aliphatic rings. The third-order valence-electron chi connectivity index (χ3n) is 4.27. The second-order valence-corrected chi connectivity index (χ2v) is 6.91. The molecular formula is C19H22ClN7O3. The first-order valence-corrected chi connectivity index (χ1v) is 9.51. The molecule has 0 saturated carbocycles. The molecule has 0 aliphatic carbocycles. The number of nitrogens with two attached hydrogens (primary N) is 1. The molecule has 0 fully saturated rings. The van der Waals surface area contributed by atoms with Crippen LogP contribution >= 0.6 is 11.6 Å². The van der Waals surface area contributed by atoms with E-state index in [0.29, 0.717) is 47.4 Å². The van der Waals surface area contributed by atoms with Gasteiger partial charge in [0, 0.05) is 31.9 Å². The fourth-order valence-electron chi connectivity index (χ4n) is 2.75. The summed E-state index contributed by atoms with van der Waals surface area (Å²) in [6, 6.07) is 3.16. The Morgan fingerprint density at radius 3 is 2.90 bits per heavy atom. The van der Waals surface area contributed by atoms with Gasteiger partial charge >= 0.3 is 5.97 Å². The van der Waals surface area contributed by atoms with Gasteiger partial charge in [0.2, 0.25) is 5.88 Å². The van der Waals surface area contributed by atoms with Crippen LogP contribution in [0.2, 0.25) is 5.15 Å². The molecule has 0 spiro atoms. The summed E-state index contributed by atoms with van der Waals surface area (Å²) in [5.74, 6) is 0.852. The Morgan fingerprint density at radius 2 is 2.17 bits per heavy atom. The fraction of sp³-hybridized carbons (Fsp3) is 0.316. The first kappa shape index (κ1) is 21.3. The van der Waals surface area contributed by atoms with E-state index in [1.54, 1.807) is 36.3 Å². The van der Waals surface area contributed by atoms with E-state index in [2.05, 4.69) is 25.4 Å². The second-order valence-electron chi connectivity index (χ2n) is 6.52. The van der Waals surface area contributed by atoms with Crippen molar-refractivity contribution in [1.82, 2.24) is 24.7 Å². The second kappa shape index (κ2) is 9.40. The highest BCUT2D eigenvalue weighted by Gasteiger charge is 2.17. The fourth-order valence-corrected chi connectivity index (χ4v) is 2.90. The number of hydrogen-bond donors (Lipinski definition) is 2. The standard InChI is InChI=1S/C19H22ClN7O3/c1-11(25-14-8-15(20)23-9-12(14)19(28)29-3)5-7-30-18-13(10-24-27(18)2)17-22-6-4-16(21)26-17/h4,6,8-11H,5,7H2,1-3H3,(H,23,25)(H2,21,22,26)/t11-/m0/s1. The molecule has 3 rings (SSSR count). The summed E-state index contributed by atoms with van der Waals surface area (Å²) >= 11 is 5.97. The molecule has 0 aromatic carbocycles. The molecule has 158 valence electrons. The average Bonchev–Trinajstić information content (AvgIpc) is 3.08. The van der Waals surface area contributed by atoms with E-state index < -0.39 is 5.97 Å². The highest BCUT2D eigenvalue weighted by atomic mass is 35.5. The highest BCUT2D eigenvalue weighted by Crippen LogP contribution is 2.27. The zero-order valence-electron chi connectivity index (χ0n) is 16.8. The summed E-state index contributed by atoms with van der Waals surface area (Å²) in [6.45, 7) is 2.35. The molecule has 10 nitrogen and oxygen atoms in total. The van der Waals surface area contributed by atoms with E-state index in [1.807, 2.05) is 6.92 Å². The monoisotopic (exact) mass is 431 g/mol. The maximum atomic E-state index is 11.9. The number of ether oxygens (including phenoxy) is 2. The van der Waals surface area contributed by atoms with Crippen LogP contribution in [0.4, 0.5) is 11.5 Å². The summed E-state index contributed by atoms with van der Waals surface area (Å²) in [5.41, 5.74) is 7.25. The van der Waals surface area contributed by atoms with Crippen LogP contribution in [-0.4, -0.2) is 50.5 Å². The predicted octanol–water partition coefficient (Wildman–Crippen LogP) is 2.56. The lowest BCUT2D eigenvalue weighted by molar-refractivity contribution is 0.0601. The number of aromatic nitrogens is 5. The third kappa shape index (κ3) is 4.95. The Bertz CT molecular complexity index is 1040. The number of hydrogen-bond acceptors (Lipinski definition) is 9. The third-order valence-corrected chi connectivity index (χ3v) is 4.48. The Morgan fingerprint density at radius 1 is 1.37 bits per heavy atom. The lowest BCUT2D eigenvalue weighted by Crippen LogP contribution is -2.21. The molecule has 0 aliphatic heterocycles. The minimum absolute atomic E-state index is 0.0350. The minimum Gasteiger partial charge on any atom is -0.477 e. The molecule has 0 amide bonds. The Kier molecular flexibility index (Phi) is 6.68. The van der Waals surface area contributed by atoms with Gasteiger partial charge in [0.1, 0.15) is 22.1 Å². The molecular weight excluding hydrogens is 410 g/mol. The lowest BCUT2D eigenvalue weighted by Gasteiger charge is -2.18. The van der Waals surface area contributed by atoms with Gasteiger partial charge in [-0.2, -0.15) is 5.10 Å². The van der Waals surface area contributed by atoms with E-state index in [4.69, 9.17) is 26.8 Å². The number of aryl methyl sites for hydroxylation is 1. The number of carbonyl (C=O) groups is 1. The van der Waals surface area contributed by atoms with Crippen LogP contribution < -0.4 is 15.8 Å². The number of rotatable bonds is 8. The van der Waals surface area contributed by atoms with E-state index in [9.17, 15) is 4.79 Å². The van der Waals surface area contributed by atoms with Crippen LogP contribution in [0.3, 0.4) is 0 Å². The zero-order chi connectivity index (χ0) is 21.7. The van der Waals surface area contributed by atoms with Crippen LogP contribution in [0.1, 0.15) is 23.7 Å². The van der Waals surface area contributed by atoms with Gasteiger partial charge in [0.15, 0.2) is 5.82 Å². The van der Waals surface area contributed by atoms with Crippen molar-refractivity contribution in [2.24, 2.45) is 7.05 Å². The van der Waals surface area contributed by atoms with Crippen LogP contribution in [0, 0.1) is 0 Å². The van der Waals surface area contributed by atoms with Crippen LogP contribution in [-0.2, 0) is 11.8 Å². The van der Waals surface area contributed by atoms with E-state index in [0.717, 1.165) is 0 Å². The molecule has 0 bridgehead atoms. The quantitative estimate of drug-likeness (QED) is 0.408. The van der Waals surface area contributed by atoms with Gasteiger partial charge in [-0.05, 0) is 19.1 Å². The molecule has 3 heterocycles. The summed E-state index contributed by atoms with van der Waals surface area (Å²) < 4.78 is 12.3. The van der Waals surface area contributed by atoms with Crippen molar-refractivity contribution in [3.63, 3.8) is 0 Å². The molecule has 3 aromatic rings. The predicted molar refractivity (Wildman–Crippen MR) is 112 cm³/mol. The first-order valence-electron chi connectivity index (χ1n) is 9.13. The molecule has 0 saturated heterocycles. The number of pyridine rings is 1.